The Labute approximate surface area is 181 Å². The van der Waals surface area contributed by atoms with Gasteiger partial charge in [0.25, 0.3) is 0 Å². The molecule has 0 N–H and O–H groups in total. The maximum Gasteiger partial charge on any atom is 0.311 e. The second-order valence-corrected chi connectivity index (χ2v) is 9.99. The molecule has 0 saturated carbocycles. The number of thiazole rings is 1. The highest BCUT2D eigenvalue weighted by molar-refractivity contribution is 7.07. The highest BCUT2D eigenvalue weighted by Crippen LogP contribution is 2.45. The molecular formula is C23H29FN2O3S. The summed E-state index contributed by atoms with van der Waals surface area (Å²) in [5.41, 5.74) is 3.33. The van der Waals surface area contributed by atoms with E-state index in [1.54, 1.807) is 11.6 Å². The molecule has 1 atom stereocenters. The molecular weight excluding hydrogens is 403 g/mol. The Morgan fingerprint density at radius 3 is 2.80 bits per heavy atom. The normalized spacial score (nSPS) is 19.6. The molecule has 2 aliphatic heterocycles. The number of fused-ring (bicyclic) bond motifs is 2. The van der Waals surface area contributed by atoms with Crippen molar-refractivity contribution in [3.05, 3.63) is 51.7 Å². The first-order chi connectivity index (χ1) is 14.3. The third-order valence-electron chi connectivity index (χ3n) is 5.88. The van der Waals surface area contributed by atoms with Gasteiger partial charge >= 0.3 is 5.97 Å². The number of halogens is 1. The predicted molar refractivity (Wildman–Crippen MR) is 114 cm³/mol. The summed E-state index contributed by atoms with van der Waals surface area (Å²) in [7, 11) is 0. The van der Waals surface area contributed by atoms with Crippen LogP contribution >= 0.6 is 11.3 Å². The zero-order chi connectivity index (χ0) is 21.4. The number of rotatable bonds is 5. The number of carbonyl (C=O) groups is 1. The fourth-order valence-electron chi connectivity index (χ4n) is 4.49. The van der Waals surface area contributed by atoms with Gasteiger partial charge in [0.1, 0.15) is 11.4 Å². The van der Waals surface area contributed by atoms with E-state index in [1.807, 2.05) is 32.2 Å². The van der Waals surface area contributed by atoms with E-state index in [2.05, 4.69) is 9.88 Å². The molecule has 1 spiro atoms. The average Bonchev–Trinajstić information content (AvgIpc) is 3.31. The molecule has 0 bridgehead atoms. The molecule has 0 amide bonds. The number of benzene rings is 1. The summed E-state index contributed by atoms with van der Waals surface area (Å²) in [6.07, 6.45) is 2.01. The minimum absolute atomic E-state index is 0.173. The van der Waals surface area contributed by atoms with Crippen LogP contribution in [0.25, 0.3) is 0 Å². The van der Waals surface area contributed by atoms with Gasteiger partial charge in [-0.1, -0.05) is 12.1 Å². The lowest BCUT2D eigenvalue weighted by molar-refractivity contribution is -0.161. The van der Waals surface area contributed by atoms with Gasteiger partial charge in [0, 0.05) is 37.0 Å². The van der Waals surface area contributed by atoms with Gasteiger partial charge < -0.3 is 14.4 Å². The molecule has 5 nitrogen and oxygen atoms in total. The first-order valence-electron chi connectivity index (χ1n) is 10.5. The highest BCUT2D eigenvalue weighted by Gasteiger charge is 2.45. The summed E-state index contributed by atoms with van der Waals surface area (Å²) in [5, 5.41) is 1.98. The molecule has 1 aromatic carbocycles. The molecule has 1 fully saturated rings. The maximum atomic E-state index is 14.5. The Morgan fingerprint density at radius 1 is 1.37 bits per heavy atom. The van der Waals surface area contributed by atoms with Gasteiger partial charge in [0.05, 0.1) is 29.3 Å². The van der Waals surface area contributed by atoms with E-state index >= 15 is 0 Å². The number of esters is 1. The van der Waals surface area contributed by atoms with E-state index in [4.69, 9.17) is 9.47 Å². The minimum Gasteiger partial charge on any atom is -0.460 e. The minimum atomic E-state index is -0.534. The maximum absolute atomic E-state index is 14.5. The smallest absolute Gasteiger partial charge is 0.311 e. The topological polar surface area (TPSA) is 51.7 Å². The fraction of sp³-hybridized carbons (Fsp3) is 0.565. The number of aromatic nitrogens is 1. The number of ether oxygens (including phenoxy) is 2. The van der Waals surface area contributed by atoms with Gasteiger partial charge in [0.2, 0.25) is 0 Å². The number of carbonyl (C=O) groups excluding carboxylic acids is 1. The molecule has 1 aromatic heterocycles. The third-order valence-corrected chi connectivity index (χ3v) is 6.52. The van der Waals surface area contributed by atoms with Crippen LogP contribution in [-0.4, -0.2) is 41.1 Å². The van der Waals surface area contributed by atoms with Crippen LogP contribution in [0.4, 0.5) is 4.39 Å². The average molecular weight is 433 g/mol. The second kappa shape index (κ2) is 8.36. The van der Waals surface area contributed by atoms with E-state index in [9.17, 15) is 9.18 Å². The summed E-state index contributed by atoms with van der Waals surface area (Å²) in [6, 6.07) is 5.22. The van der Waals surface area contributed by atoms with Crippen molar-refractivity contribution in [3.63, 3.8) is 0 Å². The van der Waals surface area contributed by atoms with Crippen LogP contribution in [-0.2, 0) is 32.9 Å². The SMILES string of the molecule is CC(C)(C)OC(=O)C(Cc1cscn1)CN1CCC2(CC1)OCc1cccc(F)c12. The van der Waals surface area contributed by atoms with E-state index in [1.165, 1.54) is 17.4 Å². The van der Waals surface area contributed by atoms with Gasteiger partial charge in [-0.3, -0.25) is 4.79 Å². The number of hydrogen-bond acceptors (Lipinski definition) is 6. The molecule has 1 unspecified atom stereocenters. The lowest BCUT2D eigenvalue weighted by Gasteiger charge is -2.40. The zero-order valence-electron chi connectivity index (χ0n) is 17.8. The molecule has 2 aliphatic rings. The van der Waals surface area contributed by atoms with Crippen LogP contribution in [0.1, 0.15) is 50.4 Å². The van der Waals surface area contributed by atoms with Crippen molar-refractivity contribution in [2.45, 2.75) is 57.8 Å². The van der Waals surface area contributed by atoms with E-state index < -0.39 is 11.2 Å². The van der Waals surface area contributed by atoms with Crippen LogP contribution in [0.15, 0.2) is 29.1 Å². The largest absolute Gasteiger partial charge is 0.460 e. The Hall–Kier alpha value is -1.83. The van der Waals surface area contributed by atoms with Crippen LogP contribution < -0.4 is 0 Å². The van der Waals surface area contributed by atoms with Crippen molar-refractivity contribution in [2.24, 2.45) is 5.92 Å². The molecule has 30 heavy (non-hydrogen) atoms. The quantitative estimate of drug-likeness (QED) is 0.659. The number of nitrogens with zero attached hydrogens (tertiary/aromatic N) is 2. The second-order valence-electron chi connectivity index (χ2n) is 9.27. The van der Waals surface area contributed by atoms with Crippen LogP contribution in [0.2, 0.25) is 0 Å². The van der Waals surface area contributed by atoms with Crippen molar-refractivity contribution in [2.75, 3.05) is 19.6 Å². The first-order valence-corrected chi connectivity index (χ1v) is 11.4. The molecule has 4 rings (SSSR count). The van der Waals surface area contributed by atoms with Crippen LogP contribution in [0.5, 0.6) is 0 Å². The summed E-state index contributed by atoms with van der Waals surface area (Å²) in [4.78, 5) is 19.5. The van der Waals surface area contributed by atoms with Crippen molar-refractivity contribution in [3.8, 4) is 0 Å². The molecule has 2 aromatic rings. The third kappa shape index (κ3) is 4.58. The summed E-state index contributed by atoms with van der Waals surface area (Å²) in [6.45, 7) is 8.25. The summed E-state index contributed by atoms with van der Waals surface area (Å²) < 4.78 is 26.3. The summed E-state index contributed by atoms with van der Waals surface area (Å²) in [5.74, 6) is -0.646. The highest BCUT2D eigenvalue weighted by atomic mass is 32.1. The zero-order valence-corrected chi connectivity index (χ0v) is 18.6. The van der Waals surface area contributed by atoms with E-state index in [-0.39, 0.29) is 17.7 Å². The van der Waals surface area contributed by atoms with E-state index in [0.717, 1.165) is 42.8 Å². The molecule has 7 heteroatoms. The Kier molecular flexibility index (Phi) is 5.97. The Morgan fingerprint density at radius 2 is 2.13 bits per heavy atom. The summed E-state index contributed by atoms with van der Waals surface area (Å²) >= 11 is 1.53. The van der Waals surface area contributed by atoms with Crippen LogP contribution in [0, 0.1) is 11.7 Å². The fourth-order valence-corrected chi connectivity index (χ4v) is 5.06. The Balaban J connectivity index is 1.44. The lowest BCUT2D eigenvalue weighted by Crippen LogP contribution is -2.46. The van der Waals surface area contributed by atoms with Gasteiger partial charge in [0.15, 0.2) is 0 Å². The predicted octanol–water partition coefficient (Wildman–Crippen LogP) is 4.30. The van der Waals surface area contributed by atoms with Crippen molar-refractivity contribution < 1.29 is 18.7 Å². The van der Waals surface area contributed by atoms with Crippen molar-refractivity contribution >= 4 is 17.3 Å². The molecule has 1 saturated heterocycles. The Bertz CT molecular complexity index is 886. The number of piperidine rings is 1. The van der Waals surface area contributed by atoms with Crippen LogP contribution in [0.3, 0.4) is 0 Å². The van der Waals surface area contributed by atoms with Gasteiger partial charge in [-0.25, -0.2) is 9.37 Å². The van der Waals surface area contributed by atoms with Gasteiger partial charge in [-0.2, -0.15) is 0 Å². The standard InChI is InChI=1S/C23H29FN2O3S/c1-22(2,3)29-21(27)17(11-18-14-30-15-25-18)12-26-9-7-23(8-10-26)20-16(13-28-23)5-4-6-19(20)24/h4-6,14-15,17H,7-13H2,1-3H3. The van der Waals surface area contributed by atoms with E-state index in [0.29, 0.717) is 19.6 Å². The first kappa shape index (κ1) is 21.4. The van der Waals surface area contributed by atoms with Crippen molar-refractivity contribution in [1.29, 1.82) is 0 Å². The number of hydrogen-bond donors (Lipinski definition) is 0. The molecule has 162 valence electrons. The van der Waals surface area contributed by atoms with Gasteiger partial charge in [-0.05, 0) is 45.2 Å². The number of likely N-dealkylation sites (tertiary alicyclic amines) is 1. The molecule has 3 heterocycles. The van der Waals surface area contributed by atoms with Crippen molar-refractivity contribution in [1.82, 2.24) is 9.88 Å². The van der Waals surface area contributed by atoms with Gasteiger partial charge in [-0.15, -0.1) is 11.3 Å². The monoisotopic (exact) mass is 432 g/mol. The lowest BCUT2D eigenvalue weighted by atomic mass is 9.83. The molecule has 0 aliphatic carbocycles. The molecule has 0 radical (unpaired) electrons.